The van der Waals surface area contributed by atoms with Crippen LogP contribution in [0.25, 0.3) is 10.9 Å². The minimum atomic E-state index is -0.382. The van der Waals surface area contributed by atoms with Gasteiger partial charge in [0, 0.05) is 5.39 Å². The molecule has 0 aliphatic heterocycles. The van der Waals surface area contributed by atoms with E-state index < -0.39 is 0 Å². The van der Waals surface area contributed by atoms with E-state index in [0.717, 1.165) is 16.5 Å². The highest BCUT2D eigenvalue weighted by atomic mass is 19.1. The van der Waals surface area contributed by atoms with Crippen molar-refractivity contribution >= 4 is 22.8 Å². The van der Waals surface area contributed by atoms with Crippen molar-refractivity contribution in [1.29, 1.82) is 0 Å². The maximum atomic E-state index is 12.9. The lowest BCUT2D eigenvalue weighted by Gasteiger charge is -2.14. The van der Waals surface area contributed by atoms with E-state index in [1.165, 1.54) is 12.1 Å². The Morgan fingerprint density at radius 1 is 1.27 bits per heavy atom. The zero-order valence-corrected chi connectivity index (χ0v) is 11.8. The van der Waals surface area contributed by atoms with Crippen molar-refractivity contribution in [2.45, 2.75) is 13.0 Å². The molecule has 0 saturated carbocycles. The van der Waals surface area contributed by atoms with Gasteiger partial charge in [-0.2, -0.15) is 5.10 Å². The fraction of sp³-hybridized carbons (Fsp3) is 0.133. The van der Waals surface area contributed by atoms with E-state index in [0.29, 0.717) is 5.82 Å². The van der Waals surface area contributed by atoms with E-state index in [-0.39, 0.29) is 17.9 Å². The molecule has 0 bridgehead atoms. The number of nitrogens with one attached hydrogen (secondary N) is 3. The summed E-state index contributed by atoms with van der Waals surface area (Å²) in [4.78, 5) is 16.1. The van der Waals surface area contributed by atoms with Gasteiger partial charge in [0.05, 0.1) is 24.0 Å². The second-order valence-electron chi connectivity index (χ2n) is 4.90. The number of pyridine rings is 1. The van der Waals surface area contributed by atoms with Crippen LogP contribution in [0.1, 0.15) is 18.5 Å². The summed E-state index contributed by atoms with van der Waals surface area (Å²) in [6.45, 7) is 1.82. The molecule has 7 heteroatoms. The van der Waals surface area contributed by atoms with Gasteiger partial charge >= 0.3 is 6.03 Å². The first kappa shape index (κ1) is 14.0. The second kappa shape index (κ2) is 5.80. The van der Waals surface area contributed by atoms with Crippen molar-refractivity contribution in [2.75, 3.05) is 5.32 Å². The maximum absolute atomic E-state index is 12.9. The molecule has 6 nitrogen and oxygen atoms in total. The fourth-order valence-electron chi connectivity index (χ4n) is 2.09. The van der Waals surface area contributed by atoms with Gasteiger partial charge in [-0.3, -0.25) is 10.4 Å². The molecule has 0 unspecified atom stereocenters. The van der Waals surface area contributed by atoms with Crippen molar-refractivity contribution in [3.63, 3.8) is 0 Å². The molecule has 3 N–H and O–H groups in total. The van der Waals surface area contributed by atoms with Crippen molar-refractivity contribution in [3.8, 4) is 0 Å². The van der Waals surface area contributed by atoms with Crippen LogP contribution in [0.5, 0.6) is 0 Å². The molecule has 0 aliphatic carbocycles. The largest absolute Gasteiger partial charge is 0.331 e. The van der Waals surface area contributed by atoms with Gasteiger partial charge in [-0.05, 0) is 30.7 Å². The van der Waals surface area contributed by atoms with Gasteiger partial charge in [-0.15, -0.1) is 0 Å². The molecule has 0 fully saturated rings. The fourth-order valence-corrected chi connectivity index (χ4v) is 2.09. The molecular weight excluding hydrogens is 285 g/mol. The number of aromatic amines is 1. The van der Waals surface area contributed by atoms with Crippen LogP contribution in [0.4, 0.5) is 15.0 Å². The molecule has 2 heterocycles. The standard InChI is InChI=1S/C15H14FN5O/c1-9(10-2-4-12(16)5-3-10)19-15(22)20-14-6-11-7-18-21-13(11)8-17-14/h2-9H,1H3,(H,18,21)(H2,17,19,20,22)/t9-/m1/s1. The Labute approximate surface area is 125 Å². The topological polar surface area (TPSA) is 82.7 Å². The number of amides is 2. The summed E-state index contributed by atoms with van der Waals surface area (Å²) in [5, 5.41) is 13.0. The molecule has 1 atom stereocenters. The quantitative estimate of drug-likeness (QED) is 0.695. The third-order valence-corrected chi connectivity index (χ3v) is 3.28. The number of fused-ring (bicyclic) bond motifs is 1. The summed E-state index contributed by atoms with van der Waals surface area (Å²) in [7, 11) is 0. The minimum absolute atomic E-state index is 0.252. The van der Waals surface area contributed by atoms with Crippen LogP contribution in [0, 0.1) is 5.82 Å². The van der Waals surface area contributed by atoms with Crippen LogP contribution in [0.15, 0.2) is 42.7 Å². The Bertz CT molecular complexity index is 799. The highest BCUT2D eigenvalue weighted by Crippen LogP contribution is 2.15. The maximum Gasteiger partial charge on any atom is 0.320 e. The van der Waals surface area contributed by atoms with Crippen LogP contribution in [0.2, 0.25) is 0 Å². The molecule has 2 aromatic heterocycles. The van der Waals surface area contributed by atoms with E-state index in [4.69, 9.17) is 0 Å². The number of anilines is 1. The summed E-state index contributed by atoms with van der Waals surface area (Å²) in [6.07, 6.45) is 3.25. The van der Waals surface area contributed by atoms with Gasteiger partial charge < -0.3 is 5.32 Å². The third kappa shape index (κ3) is 3.03. The molecule has 112 valence electrons. The number of urea groups is 1. The smallest absolute Gasteiger partial charge is 0.320 e. The Hall–Kier alpha value is -2.96. The molecule has 0 saturated heterocycles. The number of hydrogen-bond acceptors (Lipinski definition) is 3. The van der Waals surface area contributed by atoms with E-state index >= 15 is 0 Å². The van der Waals surface area contributed by atoms with Gasteiger partial charge in [0.15, 0.2) is 0 Å². The van der Waals surface area contributed by atoms with Gasteiger partial charge in [0.25, 0.3) is 0 Å². The highest BCUT2D eigenvalue weighted by molar-refractivity contribution is 5.91. The Morgan fingerprint density at radius 3 is 2.82 bits per heavy atom. The zero-order valence-electron chi connectivity index (χ0n) is 11.8. The van der Waals surface area contributed by atoms with E-state index in [1.807, 2.05) is 6.92 Å². The normalized spacial score (nSPS) is 12.1. The van der Waals surface area contributed by atoms with Crippen LogP contribution in [-0.2, 0) is 0 Å². The number of hydrogen-bond donors (Lipinski definition) is 3. The molecule has 3 rings (SSSR count). The Balaban J connectivity index is 1.65. The summed E-state index contributed by atoms with van der Waals surface area (Å²) in [5.74, 6) is 0.121. The number of nitrogens with zero attached hydrogens (tertiary/aromatic N) is 2. The van der Waals surface area contributed by atoms with Crippen molar-refractivity contribution in [2.24, 2.45) is 0 Å². The molecular formula is C15H14FN5O. The summed E-state index contributed by atoms with van der Waals surface area (Å²) in [6, 6.07) is 7.08. The molecule has 0 spiro atoms. The van der Waals surface area contributed by atoms with E-state index in [2.05, 4.69) is 25.8 Å². The van der Waals surface area contributed by atoms with Crippen LogP contribution < -0.4 is 10.6 Å². The first-order valence-electron chi connectivity index (χ1n) is 6.74. The summed E-state index contributed by atoms with van der Waals surface area (Å²) >= 11 is 0. The monoisotopic (exact) mass is 299 g/mol. The van der Waals surface area contributed by atoms with Crippen LogP contribution in [-0.4, -0.2) is 21.2 Å². The summed E-state index contributed by atoms with van der Waals surface area (Å²) < 4.78 is 12.9. The lowest BCUT2D eigenvalue weighted by Crippen LogP contribution is -2.31. The molecule has 0 radical (unpaired) electrons. The van der Waals surface area contributed by atoms with Crippen LogP contribution >= 0.6 is 0 Å². The summed E-state index contributed by atoms with van der Waals surface area (Å²) in [5.41, 5.74) is 1.61. The first-order chi connectivity index (χ1) is 10.6. The molecule has 22 heavy (non-hydrogen) atoms. The average Bonchev–Trinajstić information content (AvgIpc) is 2.95. The molecule has 3 aromatic rings. The van der Waals surface area contributed by atoms with E-state index in [9.17, 15) is 9.18 Å². The molecule has 1 aromatic carbocycles. The lowest BCUT2D eigenvalue weighted by molar-refractivity contribution is 0.249. The molecule has 0 aliphatic rings. The van der Waals surface area contributed by atoms with Crippen LogP contribution in [0.3, 0.4) is 0 Å². The zero-order chi connectivity index (χ0) is 15.5. The second-order valence-corrected chi connectivity index (χ2v) is 4.90. The van der Waals surface area contributed by atoms with Crippen molar-refractivity contribution < 1.29 is 9.18 Å². The first-order valence-corrected chi connectivity index (χ1v) is 6.74. The minimum Gasteiger partial charge on any atom is -0.331 e. The number of carbonyl (C=O) groups is 1. The number of halogens is 1. The van der Waals surface area contributed by atoms with Crippen molar-refractivity contribution in [1.82, 2.24) is 20.5 Å². The number of benzene rings is 1. The predicted molar refractivity (Wildman–Crippen MR) is 80.9 cm³/mol. The SMILES string of the molecule is C[C@@H](NC(=O)Nc1cc2cn[nH]c2cn1)c1ccc(F)cc1. The van der Waals surface area contributed by atoms with Gasteiger partial charge in [0.2, 0.25) is 0 Å². The van der Waals surface area contributed by atoms with Crippen molar-refractivity contribution in [3.05, 3.63) is 54.1 Å². The number of rotatable bonds is 3. The molecule has 2 amide bonds. The third-order valence-electron chi connectivity index (χ3n) is 3.28. The van der Waals surface area contributed by atoms with Gasteiger partial charge in [-0.1, -0.05) is 12.1 Å². The number of H-pyrrole nitrogens is 1. The predicted octanol–water partition coefficient (Wildman–Crippen LogP) is 2.98. The number of aromatic nitrogens is 3. The Morgan fingerprint density at radius 2 is 2.05 bits per heavy atom. The highest BCUT2D eigenvalue weighted by Gasteiger charge is 2.10. The number of carbonyl (C=O) groups excluding carboxylic acids is 1. The van der Waals surface area contributed by atoms with Gasteiger partial charge in [-0.25, -0.2) is 14.2 Å². The Kier molecular flexibility index (Phi) is 3.69. The average molecular weight is 299 g/mol. The lowest BCUT2D eigenvalue weighted by atomic mass is 10.1. The van der Waals surface area contributed by atoms with E-state index in [1.54, 1.807) is 30.6 Å². The van der Waals surface area contributed by atoms with Gasteiger partial charge in [0.1, 0.15) is 11.6 Å².